The normalized spacial score (nSPS) is 10.3. The molecule has 0 aliphatic heterocycles. The minimum Gasteiger partial charge on any atom is -0.497 e. The van der Waals surface area contributed by atoms with Gasteiger partial charge in [-0.1, -0.05) is 32.0 Å². The molecule has 2 amide bonds. The quantitative estimate of drug-likeness (QED) is 0.784. The van der Waals surface area contributed by atoms with Gasteiger partial charge in [0.2, 0.25) is 5.91 Å². The molecule has 0 heterocycles. The zero-order valence-corrected chi connectivity index (χ0v) is 15.2. The number of hydrogen-bond acceptors (Lipinski definition) is 4. The van der Waals surface area contributed by atoms with Gasteiger partial charge in [0.15, 0.2) is 0 Å². The molecule has 2 aromatic rings. The van der Waals surface area contributed by atoms with Gasteiger partial charge >= 0.3 is 6.09 Å². The van der Waals surface area contributed by atoms with E-state index in [1.807, 2.05) is 38.1 Å². The molecule has 6 heteroatoms. The minimum atomic E-state index is -0.515. The van der Waals surface area contributed by atoms with Gasteiger partial charge in [-0.05, 0) is 41.8 Å². The highest BCUT2D eigenvalue weighted by molar-refractivity contribution is 5.93. The molecule has 0 saturated heterocycles. The molecule has 0 aliphatic rings. The summed E-state index contributed by atoms with van der Waals surface area (Å²) in [4.78, 5) is 23.9. The molecule has 0 unspecified atom stereocenters. The van der Waals surface area contributed by atoms with Crippen LogP contribution in [-0.4, -0.2) is 25.7 Å². The molecule has 138 valence electrons. The van der Waals surface area contributed by atoms with Crippen molar-refractivity contribution >= 4 is 23.4 Å². The summed E-state index contributed by atoms with van der Waals surface area (Å²) in [5, 5.41) is 5.47. The van der Waals surface area contributed by atoms with Gasteiger partial charge in [0.1, 0.15) is 5.75 Å². The monoisotopic (exact) mass is 356 g/mol. The number of hydrogen-bond donors (Lipinski definition) is 2. The Labute approximate surface area is 153 Å². The lowest BCUT2D eigenvalue weighted by Gasteiger charge is -2.10. The molecule has 2 N–H and O–H groups in total. The molecule has 0 aromatic heterocycles. The summed E-state index contributed by atoms with van der Waals surface area (Å²) >= 11 is 0. The first-order chi connectivity index (χ1) is 12.5. The predicted octanol–water partition coefficient (Wildman–Crippen LogP) is 4.08. The number of nitrogens with one attached hydrogen (secondary N) is 2. The summed E-state index contributed by atoms with van der Waals surface area (Å²) in [7, 11) is 1.59. The van der Waals surface area contributed by atoms with Crippen molar-refractivity contribution in [1.29, 1.82) is 0 Å². The molecule has 2 rings (SSSR count). The Morgan fingerprint density at radius 3 is 2.38 bits per heavy atom. The second-order valence-corrected chi connectivity index (χ2v) is 6.27. The van der Waals surface area contributed by atoms with Gasteiger partial charge in [0, 0.05) is 11.4 Å². The van der Waals surface area contributed by atoms with Gasteiger partial charge in [-0.2, -0.15) is 0 Å². The predicted molar refractivity (Wildman–Crippen MR) is 102 cm³/mol. The molecule has 0 atom stereocenters. The number of benzene rings is 2. The highest BCUT2D eigenvalue weighted by Crippen LogP contribution is 2.17. The van der Waals surface area contributed by atoms with E-state index >= 15 is 0 Å². The molecular weight excluding hydrogens is 332 g/mol. The molecule has 0 radical (unpaired) electrons. The van der Waals surface area contributed by atoms with Gasteiger partial charge in [-0.3, -0.25) is 10.1 Å². The summed E-state index contributed by atoms with van der Waals surface area (Å²) in [6.07, 6.45) is -0.288. The van der Waals surface area contributed by atoms with Crippen LogP contribution in [0.4, 0.5) is 16.2 Å². The number of methoxy groups -OCH3 is 1. The van der Waals surface area contributed by atoms with Crippen molar-refractivity contribution in [3.05, 3.63) is 54.1 Å². The first-order valence-corrected chi connectivity index (χ1v) is 8.43. The van der Waals surface area contributed by atoms with Crippen molar-refractivity contribution in [1.82, 2.24) is 0 Å². The van der Waals surface area contributed by atoms with Crippen LogP contribution >= 0.6 is 0 Å². The van der Waals surface area contributed by atoms with Crippen LogP contribution in [0.3, 0.4) is 0 Å². The second kappa shape index (κ2) is 9.46. The van der Waals surface area contributed by atoms with Crippen molar-refractivity contribution in [3.8, 4) is 5.75 Å². The molecule has 2 aromatic carbocycles. The molecule has 0 spiro atoms. The Balaban J connectivity index is 1.92. The van der Waals surface area contributed by atoms with E-state index in [1.54, 1.807) is 31.4 Å². The van der Waals surface area contributed by atoms with Crippen LogP contribution < -0.4 is 15.4 Å². The first-order valence-electron chi connectivity index (χ1n) is 8.43. The summed E-state index contributed by atoms with van der Waals surface area (Å²) in [5.74, 6) is 0.821. The lowest BCUT2D eigenvalue weighted by Crippen LogP contribution is -2.17. The van der Waals surface area contributed by atoms with E-state index < -0.39 is 6.09 Å². The van der Waals surface area contributed by atoms with E-state index in [1.165, 1.54) is 0 Å². The van der Waals surface area contributed by atoms with Gasteiger partial charge in [0.05, 0.1) is 20.1 Å². The van der Waals surface area contributed by atoms with Crippen LogP contribution in [0.1, 0.15) is 19.4 Å². The van der Waals surface area contributed by atoms with Gasteiger partial charge in [-0.25, -0.2) is 4.79 Å². The highest BCUT2D eigenvalue weighted by Gasteiger charge is 2.08. The molecule has 0 aliphatic carbocycles. The first kappa shape index (κ1) is 19.3. The van der Waals surface area contributed by atoms with Crippen molar-refractivity contribution in [3.63, 3.8) is 0 Å². The van der Waals surface area contributed by atoms with Crippen LogP contribution in [0, 0.1) is 5.92 Å². The lowest BCUT2D eigenvalue weighted by atomic mass is 10.1. The van der Waals surface area contributed by atoms with Crippen LogP contribution in [0.2, 0.25) is 0 Å². The Morgan fingerprint density at radius 2 is 1.69 bits per heavy atom. The number of ether oxygens (including phenoxy) is 2. The maximum absolute atomic E-state index is 12.2. The second-order valence-electron chi connectivity index (χ2n) is 6.27. The molecule has 6 nitrogen and oxygen atoms in total. The standard InChI is InChI=1S/C20H24N2O4/c1-14(2)13-26-20(24)22-17-8-5-7-16(12-17)21-19(23)11-15-6-4-9-18(10-15)25-3/h4-10,12,14H,11,13H2,1-3H3,(H,21,23)(H,22,24). The summed E-state index contributed by atoms with van der Waals surface area (Å²) in [6, 6.07) is 14.3. The third-order valence-electron chi connectivity index (χ3n) is 3.44. The number of anilines is 2. The topological polar surface area (TPSA) is 76.7 Å². The third kappa shape index (κ3) is 6.47. The average Bonchev–Trinajstić information content (AvgIpc) is 2.60. The van der Waals surface area contributed by atoms with Crippen molar-refractivity contribution < 1.29 is 19.1 Å². The van der Waals surface area contributed by atoms with Crippen LogP contribution in [0.15, 0.2) is 48.5 Å². The zero-order valence-electron chi connectivity index (χ0n) is 15.2. The minimum absolute atomic E-state index is 0.155. The van der Waals surface area contributed by atoms with E-state index in [0.29, 0.717) is 23.7 Å². The fourth-order valence-electron chi connectivity index (χ4n) is 2.24. The van der Waals surface area contributed by atoms with E-state index in [2.05, 4.69) is 10.6 Å². The Bertz CT molecular complexity index is 759. The van der Waals surface area contributed by atoms with E-state index in [9.17, 15) is 9.59 Å². The van der Waals surface area contributed by atoms with Crippen molar-refractivity contribution in [2.75, 3.05) is 24.4 Å². The molecule has 26 heavy (non-hydrogen) atoms. The number of amides is 2. The number of rotatable bonds is 7. The summed E-state index contributed by atoms with van der Waals surface area (Å²) in [6.45, 7) is 4.28. The van der Waals surface area contributed by atoms with Gasteiger partial charge < -0.3 is 14.8 Å². The van der Waals surface area contributed by atoms with E-state index in [4.69, 9.17) is 9.47 Å². The fraction of sp³-hybridized carbons (Fsp3) is 0.300. The smallest absolute Gasteiger partial charge is 0.411 e. The fourth-order valence-corrected chi connectivity index (χ4v) is 2.24. The van der Waals surface area contributed by atoms with Crippen molar-refractivity contribution in [2.24, 2.45) is 5.92 Å². The maximum atomic E-state index is 12.2. The molecular formula is C20H24N2O4. The Morgan fingerprint density at radius 1 is 1.00 bits per heavy atom. The van der Waals surface area contributed by atoms with E-state index in [0.717, 1.165) is 5.56 Å². The zero-order chi connectivity index (χ0) is 18.9. The molecule has 0 bridgehead atoms. The average molecular weight is 356 g/mol. The SMILES string of the molecule is COc1cccc(CC(=O)Nc2cccc(NC(=O)OCC(C)C)c2)c1. The van der Waals surface area contributed by atoms with Crippen molar-refractivity contribution in [2.45, 2.75) is 20.3 Å². The van der Waals surface area contributed by atoms with E-state index in [-0.39, 0.29) is 18.2 Å². The van der Waals surface area contributed by atoms with Crippen LogP contribution in [0.5, 0.6) is 5.75 Å². The third-order valence-corrected chi connectivity index (χ3v) is 3.44. The largest absolute Gasteiger partial charge is 0.497 e. The van der Waals surface area contributed by atoms with Crippen LogP contribution in [-0.2, 0) is 16.0 Å². The van der Waals surface area contributed by atoms with Crippen LogP contribution in [0.25, 0.3) is 0 Å². The molecule has 0 saturated carbocycles. The number of carbonyl (C=O) groups is 2. The summed E-state index contributed by atoms with van der Waals surface area (Å²) < 4.78 is 10.2. The van der Waals surface area contributed by atoms with Gasteiger partial charge in [0.25, 0.3) is 0 Å². The lowest BCUT2D eigenvalue weighted by molar-refractivity contribution is -0.115. The Hall–Kier alpha value is -3.02. The van der Waals surface area contributed by atoms with Gasteiger partial charge in [-0.15, -0.1) is 0 Å². The maximum Gasteiger partial charge on any atom is 0.411 e. The molecule has 0 fully saturated rings. The number of carbonyl (C=O) groups excluding carboxylic acids is 2. The summed E-state index contributed by atoms with van der Waals surface area (Å²) in [5.41, 5.74) is 2.01. The Kier molecular flexibility index (Phi) is 7.02. The highest BCUT2D eigenvalue weighted by atomic mass is 16.5.